The molecule has 0 unspecified atom stereocenters. The molecule has 0 N–H and O–H groups in total. The Morgan fingerprint density at radius 1 is 0.304 bits per heavy atom. The zero-order chi connectivity index (χ0) is 31.0. The van der Waals surface area contributed by atoms with E-state index < -0.39 is 0 Å². The highest BCUT2D eigenvalue weighted by Crippen LogP contribution is 2.47. The Morgan fingerprint density at radius 2 is 0.717 bits per heavy atom. The van der Waals surface area contributed by atoms with Gasteiger partial charge in [0.2, 0.25) is 0 Å². The fourth-order valence-electron chi connectivity index (χ4n) is 7.65. The molecule has 9 rings (SSSR count). The number of fused-ring (bicyclic) bond motifs is 9. The second kappa shape index (κ2) is 10.0. The van der Waals surface area contributed by atoms with Gasteiger partial charge in [-0.1, -0.05) is 142 Å². The molecule has 9 aromatic rings. The molecule has 0 nitrogen and oxygen atoms in total. The molecule has 0 fully saturated rings. The van der Waals surface area contributed by atoms with E-state index in [1.807, 2.05) is 0 Å². The van der Waals surface area contributed by atoms with Gasteiger partial charge in [0.05, 0.1) is 0 Å². The minimum absolute atomic E-state index is 0.0552. The van der Waals surface area contributed by atoms with Crippen LogP contribution in [0.25, 0.3) is 86.9 Å². The lowest BCUT2D eigenvalue weighted by Crippen LogP contribution is -2.10. The predicted molar refractivity (Wildman–Crippen MR) is 201 cm³/mol. The molecule has 0 spiro atoms. The summed E-state index contributed by atoms with van der Waals surface area (Å²) >= 11 is 0. The average Bonchev–Trinajstić information content (AvgIpc) is 3.09. The Labute approximate surface area is 269 Å². The van der Waals surface area contributed by atoms with E-state index >= 15 is 0 Å². The maximum absolute atomic E-state index is 2.50. The Morgan fingerprint density at radius 3 is 1.22 bits per heavy atom. The maximum Gasteiger partial charge on any atom is -0.00261 e. The van der Waals surface area contributed by atoms with E-state index in [-0.39, 0.29) is 5.41 Å². The van der Waals surface area contributed by atoms with Gasteiger partial charge < -0.3 is 0 Å². The van der Waals surface area contributed by atoms with Crippen molar-refractivity contribution in [3.63, 3.8) is 0 Å². The fraction of sp³-hybridized carbons (Fsp3) is 0.0870. The fourth-order valence-corrected chi connectivity index (χ4v) is 7.65. The van der Waals surface area contributed by atoms with Gasteiger partial charge in [0.15, 0.2) is 0 Å². The predicted octanol–water partition coefficient (Wildman–Crippen LogP) is 13.2. The molecule has 0 heterocycles. The summed E-state index contributed by atoms with van der Waals surface area (Å²) in [6, 6.07) is 56.6. The first-order valence-corrected chi connectivity index (χ1v) is 16.3. The summed E-state index contributed by atoms with van der Waals surface area (Å²) in [7, 11) is 0. The maximum atomic E-state index is 2.50. The number of hydrogen-bond acceptors (Lipinski definition) is 0. The SMILES string of the molecule is CC(C)(C)c1ccc2c(c1)c1cc3ccccc3cc1c1cc3c(-c4ccccc4)c4ccccc4c(-c4ccccc4)c3cc21. The quantitative estimate of drug-likeness (QED) is 0.140. The highest BCUT2D eigenvalue weighted by molar-refractivity contribution is 6.32. The summed E-state index contributed by atoms with van der Waals surface area (Å²) in [6.07, 6.45) is 0. The lowest BCUT2D eigenvalue weighted by Gasteiger charge is -2.22. The summed E-state index contributed by atoms with van der Waals surface area (Å²) < 4.78 is 0. The Bertz CT molecular complexity index is 2640. The van der Waals surface area contributed by atoms with Crippen molar-refractivity contribution in [1.82, 2.24) is 0 Å². The van der Waals surface area contributed by atoms with E-state index in [0.29, 0.717) is 0 Å². The molecule has 0 bridgehead atoms. The summed E-state index contributed by atoms with van der Waals surface area (Å²) in [4.78, 5) is 0. The third kappa shape index (κ3) is 4.07. The van der Waals surface area contributed by atoms with Crippen LogP contribution in [0, 0.1) is 0 Å². The van der Waals surface area contributed by atoms with Crippen molar-refractivity contribution in [3.05, 3.63) is 157 Å². The van der Waals surface area contributed by atoms with Crippen LogP contribution in [0.15, 0.2) is 152 Å². The molecule has 0 aliphatic carbocycles. The lowest BCUT2D eigenvalue weighted by molar-refractivity contribution is 0.591. The van der Waals surface area contributed by atoms with E-state index in [1.165, 1.54) is 92.5 Å². The zero-order valence-corrected chi connectivity index (χ0v) is 26.4. The number of rotatable bonds is 2. The van der Waals surface area contributed by atoms with E-state index in [0.717, 1.165) is 0 Å². The Kier molecular flexibility index (Phi) is 5.86. The van der Waals surface area contributed by atoms with Gasteiger partial charge in [-0.15, -0.1) is 0 Å². The first-order valence-electron chi connectivity index (χ1n) is 16.3. The van der Waals surface area contributed by atoms with E-state index in [9.17, 15) is 0 Å². The Hall–Kier alpha value is -5.46. The average molecular weight is 587 g/mol. The van der Waals surface area contributed by atoms with Crippen molar-refractivity contribution in [2.24, 2.45) is 0 Å². The van der Waals surface area contributed by atoms with Crippen LogP contribution in [0.2, 0.25) is 0 Å². The molecule has 0 atom stereocenters. The van der Waals surface area contributed by atoms with Crippen LogP contribution < -0.4 is 0 Å². The molecule has 0 aliphatic rings. The third-order valence-corrected chi connectivity index (χ3v) is 9.93. The van der Waals surface area contributed by atoms with Crippen molar-refractivity contribution in [3.8, 4) is 22.3 Å². The molecule has 0 heteroatoms. The molecule has 0 radical (unpaired) electrons. The van der Waals surface area contributed by atoms with Crippen LogP contribution in [0.4, 0.5) is 0 Å². The van der Waals surface area contributed by atoms with E-state index in [1.54, 1.807) is 0 Å². The molecular formula is C46H34. The van der Waals surface area contributed by atoms with Crippen LogP contribution in [0.5, 0.6) is 0 Å². The minimum atomic E-state index is 0.0552. The van der Waals surface area contributed by atoms with Crippen molar-refractivity contribution in [2.45, 2.75) is 26.2 Å². The van der Waals surface area contributed by atoms with Crippen molar-refractivity contribution < 1.29 is 0 Å². The molecular weight excluding hydrogens is 553 g/mol. The van der Waals surface area contributed by atoms with Gasteiger partial charge in [-0.25, -0.2) is 0 Å². The van der Waals surface area contributed by atoms with Gasteiger partial charge in [0.1, 0.15) is 0 Å². The lowest BCUT2D eigenvalue weighted by atomic mass is 9.82. The Balaban J connectivity index is 1.56. The van der Waals surface area contributed by atoms with Gasteiger partial charge in [0, 0.05) is 0 Å². The smallest absolute Gasteiger partial charge is 0.00261 e. The van der Waals surface area contributed by atoms with Gasteiger partial charge in [-0.3, -0.25) is 0 Å². The van der Waals surface area contributed by atoms with Crippen LogP contribution in [0.1, 0.15) is 26.3 Å². The molecule has 0 aliphatic heterocycles. The van der Waals surface area contributed by atoms with Crippen molar-refractivity contribution >= 4 is 64.6 Å². The largest absolute Gasteiger partial charge is 0.0622 e. The highest BCUT2D eigenvalue weighted by Gasteiger charge is 2.21. The first kappa shape index (κ1) is 26.9. The minimum Gasteiger partial charge on any atom is -0.0622 e. The van der Waals surface area contributed by atoms with Crippen LogP contribution in [0.3, 0.4) is 0 Å². The monoisotopic (exact) mass is 586 g/mol. The number of benzene rings is 9. The van der Waals surface area contributed by atoms with Gasteiger partial charge in [0.25, 0.3) is 0 Å². The first-order chi connectivity index (χ1) is 22.5. The second-order valence-electron chi connectivity index (χ2n) is 13.7. The molecule has 46 heavy (non-hydrogen) atoms. The van der Waals surface area contributed by atoms with Crippen LogP contribution in [-0.4, -0.2) is 0 Å². The van der Waals surface area contributed by atoms with Gasteiger partial charge in [-0.2, -0.15) is 0 Å². The third-order valence-electron chi connectivity index (χ3n) is 9.93. The van der Waals surface area contributed by atoms with Crippen molar-refractivity contribution in [2.75, 3.05) is 0 Å². The van der Waals surface area contributed by atoms with Crippen molar-refractivity contribution in [1.29, 1.82) is 0 Å². The summed E-state index contributed by atoms with van der Waals surface area (Å²) in [5.74, 6) is 0. The molecule has 9 aromatic carbocycles. The van der Waals surface area contributed by atoms with Gasteiger partial charge >= 0.3 is 0 Å². The van der Waals surface area contributed by atoms with E-state index in [4.69, 9.17) is 0 Å². The summed E-state index contributed by atoms with van der Waals surface area (Å²) in [6.45, 7) is 6.92. The van der Waals surface area contributed by atoms with Crippen LogP contribution in [-0.2, 0) is 5.41 Å². The standard InChI is InChI=1S/C46H34/c1-46(2,3)33-22-23-34-39(26-33)37-24-31-18-10-11-19-32(31)25-38(37)41-28-43-42(27-40(34)41)44(29-14-6-4-7-15-29)35-20-12-13-21-36(35)45(43)30-16-8-5-9-17-30/h4-28H,1-3H3. The van der Waals surface area contributed by atoms with Gasteiger partial charge in [-0.05, 0) is 128 Å². The number of hydrogen-bond donors (Lipinski definition) is 0. The molecule has 0 saturated heterocycles. The zero-order valence-electron chi connectivity index (χ0n) is 26.4. The summed E-state index contributed by atoms with van der Waals surface area (Å²) in [5.41, 5.74) is 6.49. The molecule has 218 valence electrons. The molecule has 0 aromatic heterocycles. The highest BCUT2D eigenvalue weighted by atomic mass is 14.2. The topological polar surface area (TPSA) is 0 Å². The molecule has 0 amide bonds. The summed E-state index contributed by atoms with van der Waals surface area (Å²) in [5, 5.41) is 15.6. The second-order valence-corrected chi connectivity index (χ2v) is 13.7. The van der Waals surface area contributed by atoms with E-state index in [2.05, 4.69) is 172 Å². The molecule has 0 saturated carbocycles. The van der Waals surface area contributed by atoms with Crippen LogP contribution >= 0.6 is 0 Å². The normalized spacial score (nSPS) is 12.2.